The molecule has 0 aliphatic carbocycles. The number of aromatic nitrogens is 2. The van der Waals surface area contributed by atoms with Crippen LogP contribution in [0.3, 0.4) is 0 Å². The van der Waals surface area contributed by atoms with Gasteiger partial charge >= 0.3 is 0 Å². The summed E-state index contributed by atoms with van der Waals surface area (Å²) in [6.07, 6.45) is 3.33. The molecular formula is C9H13ClIN3. The number of alkyl halides is 1. The van der Waals surface area contributed by atoms with Gasteiger partial charge in [-0.2, -0.15) is 0 Å². The highest BCUT2D eigenvalue weighted by Gasteiger charge is 2.12. The molecule has 0 spiro atoms. The maximum Gasteiger partial charge on any atom is 0.143 e. The van der Waals surface area contributed by atoms with Gasteiger partial charge in [-0.05, 0) is 35.4 Å². The molecule has 0 fully saturated rings. The normalized spacial score (nSPS) is 14.9. The molecule has 2 atom stereocenters. The Morgan fingerprint density at radius 1 is 1.57 bits per heavy atom. The van der Waals surface area contributed by atoms with Crippen molar-refractivity contribution in [1.29, 1.82) is 0 Å². The summed E-state index contributed by atoms with van der Waals surface area (Å²) in [6.45, 7) is 4.21. The smallest absolute Gasteiger partial charge is 0.143 e. The fourth-order valence-electron chi connectivity index (χ4n) is 0.910. The van der Waals surface area contributed by atoms with Gasteiger partial charge in [0.1, 0.15) is 12.1 Å². The summed E-state index contributed by atoms with van der Waals surface area (Å²) < 4.78 is 1.03. The second-order valence-electron chi connectivity index (χ2n) is 3.28. The van der Waals surface area contributed by atoms with Crippen molar-refractivity contribution in [2.24, 2.45) is 5.92 Å². The van der Waals surface area contributed by atoms with E-state index in [1.54, 1.807) is 12.5 Å². The molecule has 1 N–H and O–H groups in total. The molecule has 0 radical (unpaired) electrons. The lowest BCUT2D eigenvalue weighted by molar-refractivity contribution is 0.564. The molecule has 0 aromatic carbocycles. The molecule has 0 aliphatic heterocycles. The van der Waals surface area contributed by atoms with Gasteiger partial charge in [-0.25, -0.2) is 9.97 Å². The van der Waals surface area contributed by atoms with E-state index in [1.165, 1.54) is 0 Å². The number of halogens is 2. The Morgan fingerprint density at radius 3 is 2.86 bits per heavy atom. The molecule has 1 aromatic heterocycles. The standard InChI is InChI=1S/C9H13ClIN3/c1-6(3-10)7(2)14-9-8(11)4-12-5-13-9/h4-7H,3H2,1-2H3,(H,12,13,14). The Kier molecular flexibility index (Phi) is 4.88. The van der Waals surface area contributed by atoms with Gasteiger partial charge in [0.05, 0.1) is 3.57 Å². The van der Waals surface area contributed by atoms with Crippen LogP contribution in [0, 0.1) is 9.49 Å². The third-order valence-electron chi connectivity index (χ3n) is 2.13. The molecular weight excluding hydrogens is 312 g/mol. The zero-order valence-electron chi connectivity index (χ0n) is 8.17. The number of nitrogens with zero attached hydrogens (tertiary/aromatic N) is 2. The molecule has 1 rings (SSSR count). The molecule has 5 heteroatoms. The minimum Gasteiger partial charge on any atom is -0.366 e. The van der Waals surface area contributed by atoms with Gasteiger partial charge in [-0.3, -0.25) is 0 Å². The zero-order chi connectivity index (χ0) is 10.6. The highest BCUT2D eigenvalue weighted by atomic mass is 127. The molecule has 78 valence electrons. The van der Waals surface area contributed by atoms with Crippen LogP contribution in [0.5, 0.6) is 0 Å². The van der Waals surface area contributed by atoms with Crippen LogP contribution in [-0.4, -0.2) is 21.9 Å². The van der Waals surface area contributed by atoms with Crippen LogP contribution < -0.4 is 5.32 Å². The SMILES string of the molecule is CC(CCl)C(C)Nc1ncncc1I. The lowest BCUT2D eigenvalue weighted by Crippen LogP contribution is -2.25. The first-order valence-corrected chi connectivity index (χ1v) is 6.04. The average molecular weight is 326 g/mol. The molecule has 0 aliphatic rings. The first kappa shape index (κ1) is 12.0. The summed E-state index contributed by atoms with van der Waals surface area (Å²) >= 11 is 7.99. The van der Waals surface area contributed by atoms with Crippen LogP contribution in [0.25, 0.3) is 0 Å². The third-order valence-corrected chi connectivity index (χ3v) is 3.41. The van der Waals surface area contributed by atoms with Gasteiger partial charge in [0, 0.05) is 18.1 Å². The number of hydrogen-bond acceptors (Lipinski definition) is 3. The maximum absolute atomic E-state index is 5.78. The van der Waals surface area contributed by atoms with Crippen molar-refractivity contribution < 1.29 is 0 Å². The zero-order valence-corrected chi connectivity index (χ0v) is 11.1. The molecule has 2 unspecified atom stereocenters. The van der Waals surface area contributed by atoms with Crippen molar-refractivity contribution in [2.45, 2.75) is 19.9 Å². The monoisotopic (exact) mass is 325 g/mol. The second-order valence-corrected chi connectivity index (χ2v) is 4.75. The third kappa shape index (κ3) is 3.24. The molecule has 0 saturated heterocycles. The molecule has 0 amide bonds. The maximum atomic E-state index is 5.78. The number of rotatable bonds is 4. The Bertz CT molecular complexity index is 295. The van der Waals surface area contributed by atoms with Crippen LogP contribution in [0.1, 0.15) is 13.8 Å². The molecule has 1 aromatic rings. The summed E-state index contributed by atoms with van der Waals surface area (Å²) in [4.78, 5) is 8.09. The summed E-state index contributed by atoms with van der Waals surface area (Å²) in [5.41, 5.74) is 0. The number of anilines is 1. The predicted octanol–water partition coefficient (Wildman–Crippen LogP) is 2.76. The van der Waals surface area contributed by atoms with Gasteiger partial charge in [0.15, 0.2) is 0 Å². The Hall–Kier alpha value is -0.100. The summed E-state index contributed by atoms with van der Waals surface area (Å²) in [7, 11) is 0. The van der Waals surface area contributed by atoms with E-state index in [-0.39, 0.29) is 0 Å². The summed E-state index contributed by atoms with van der Waals surface area (Å²) in [5.74, 6) is 1.95. The lowest BCUT2D eigenvalue weighted by Gasteiger charge is -2.19. The van der Waals surface area contributed by atoms with Gasteiger partial charge in [-0.15, -0.1) is 11.6 Å². The van der Waals surface area contributed by atoms with Gasteiger partial charge in [0.2, 0.25) is 0 Å². The van der Waals surface area contributed by atoms with Crippen molar-refractivity contribution in [3.05, 3.63) is 16.1 Å². The van der Waals surface area contributed by atoms with Gasteiger partial charge < -0.3 is 5.32 Å². The fraction of sp³-hybridized carbons (Fsp3) is 0.556. The van der Waals surface area contributed by atoms with Crippen LogP contribution in [0.15, 0.2) is 12.5 Å². The minimum absolute atomic E-state index is 0.316. The van der Waals surface area contributed by atoms with E-state index >= 15 is 0 Å². The first-order valence-electron chi connectivity index (χ1n) is 4.43. The highest BCUT2D eigenvalue weighted by molar-refractivity contribution is 14.1. The van der Waals surface area contributed by atoms with Crippen LogP contribution >= 0.6 is 34.2 Å². The van der Waals surface area contributed by atoms with E-state index in [4.69, 9.17) is 11.6 Å². The first-order chi connectivity index (χ1) is 6.65. The molecule has 3 nitrogen and oxygen atoms in total. The second kappa shape index (κ2) is 5.70. The predicted molar refractivity (Wildman–Crippen MR) is 67.7 cm³/mol. The summed E-state index contributed by atoms with van der Waals surface area (Å²) in [6, 6.07) is 0.316. The number of nitrogens with one attached hydrogen (secondary N) is 1. The van der Waals surface area contributed by atoms with Crippen molar-refractivity contribution in [1.82, 2.24) is 9.97 Å². The number of hydrogen-bond donors (Lipinski definition) is 1. The average Bonchev–Trinajstić information content (AvgIpc) is 2.20. The molecule has 1 heterocycles. The van der Waals surface area contributed by atoms with Crippen molar-refractivity contribution >= 4 is 40.0 Å². The van der Waals surface area contributed by atoms with Crippen LogP contribution in [0.4, 0.5) is 5.82 Å². The molecule has 0 saturated carbocycles. The van der Waals surface area contributed by atoms with E-state index in [1.807, 2.05) is 0 Å². The lowest BCUT2D eigenvalue weighted by atomic mass is 10.1. The van der Waals surface area contributed by atoms with E-state index in [0.717, 1.165) is 9.39 Å². The Labute approximate surface area is 103 Å². The van der Waals surface area contributed by atoms with Gasteiger partial charge in [-0.1, -0.05) is 6.92 Å². The molecule has 0 bridgehead atoms. The Balaban J connectivity index is 2.64. The van der Waals surface area contributed by atoms with E-state index in [0.29, 0.717) is 17.8 Å². The fourth-order valence-corrected chi connectivity index (χ4v) is 1.63. The van der Waals surface area contributed by atoms with Gasteiger partial charge in [0.25, 0.3) is 0 Å². The quantitative estimate of drug-likeness (QED) is 0.683. The minimum atomic E-state index is 0.316. The highest BCUT2D eigenvalue weighted by Crippen LogP contribution is 2.16. The van der Waals surface area contributed by atoms with Crippen LogP contribution in [-0.2, 0) is 0 Å². The van der Waals surface area contributed by atoms with Crippen LogP contribution in [0.2, 0.25) is 0 Å². The van der Waals surface area contributed by atoms with Crippen molar-refractivity contribution in [3.8, 4) is 0 Å². The van der Waals surface area contributed by atoms with E-state index < -0.39 is 0 Å². The summed E-state index contributed by atoms with van der Waals surface area (Å²) in [5, 5.41) is 3.32. The van der Waals surface area contributed by atoms with E-state index in [9.17, 15) is 0 Å². The largest absolute Gasteiger partial charge is 0.366 e. The topological polar surface area (TPSA) is 37.8 Å². The van der Waals surface area contributed by atoms with Crippen molar-refractivity contribution in [2.75, 3.05) is 11.2 Å². The molecule has 14 heavy (non-hydrogen) atoms. The Morgan fingerprint density at radius 2 is 2.29 bits per heavy atom. The van der Waals surface area contributed by atoms with E-state index in [2.05, 4.69) is 51.7 Å². The van der Waals surface area contributed by atoms with Crippen molar-refractivity contribution in [3.63, 3.8) is 0 Å².